The van der Waals surface area contributed by atoms with Gasteiger partial charge >= 0.3 is 0 Å². The van der Waals surface area contributed by atoms with E-state index in [1.54, 1.807) is 36.4 Å². The first-order valence-corrected chi connectivity index (χ1v) is 11.3. The van der Waals surface area contributed by atoms with E-state index in [9.17, 15) is 13.2 Å². The Labute approximate surface area is 178 Å². The molecule has 6 nitrogen and oxygen atoms in total. The number of carbonyl (C=O) groups excluding carboxylic acids is 1. The molecule has 0 fully saturated rings. The number of nitrogens with two attached hydrogens (primary N) is 1. The van der Waals surface area contributed by atoms with Gasteiger partial charge in [0.25, 0.3) is 10.0 Å². The van der Waals surface area contributed by atoms with Crippen LogP contribution >= 0.6 is 23.4 Å². The number of anilines is 1. The fraction of sp³-hybridized carbons (Fsp3) is 0.0500. The number of hydrogen-bond donors (Lipinski definition) is 2. The van der Waals surface area contributed by atoms with Crippen LogP contribution in [0, 0.1) is 0 Å². The maximum absolute atomic E-state index is 12.8. The Hall–Kier alpha value is -2.68. The van der Waals surface area contributed by atoms with Gasteiger partial charge in [0.05, 0.1) is 21.4 Å². The van der Waals surface area contributed by atoms with Crippen LogP contribution in [0.5, 0.6) is 11.5 Å². The summed E-state index contributed by atoms with van der Waals surface area (Å²) in [6, 6.07) is 20.0. The van der Waals surface area contributed by atoms with Crippen molar-refractivity contribution in [3.8, 4) is 11.5 Å². The molecule has 0 spiro atoms. The highest BCUT2D eigenvalue weighted by Crippen LogP contribution is 2.33. The van der Waals surface area contributed by atoms with Crippen molar-refractivity contribution >= 4 is 45.0 Å². The Balaban J connectivity index is 1.81. The van der Waals surface area contributed by atoms with Crippen LogP contribution in [0.15, 0.2) is 82.6 Å². The Bertz CT molecular complexity index is 1120. The third-order valence-corrected chi connectivity index (χ3v) is 6.44. The predicted molar refractivity (Wildman–Crippen MR) is 115 cm³/mol. The topological polar surface area (TPSA) is 98.5 Å². The number of benzene rings is 3. The summed E-state index contributed by atoms with van der Waals surface area (Å²) < 4.78 is 33.8. The van der Waals surface area contributed by atoms with Crippen molar-refractivity contribution in [1.29, 1.82) is 0 Å². The maximum atomic E-state index is 12.8. The van der Waals surface area contributed by atoms with Gasteiger partial charge in [-0.25, -0.2) is 8.42 Å². The molecule has 0 aliphatic heterocycles. The van der Waals surface area contributed by atoms with Gasteiger partial charge in [-0.05, 0) is 42.5 Å². The Morgan fingerprint density at radius 2 is 1.72 bits per heavy atom. The van der Waals surface area contributed by atoms with Crippen LogP contribution in [-0.2, 0) is 14.8 Å². The first-order chi connectivity index (χ1) is 13.8. The van der Waals surface area contributed by atoms with E-state index in [1.165, 1.54) is 18.2 Å². The van der Waals surface area contributed by atoms with Crippen molar-refractivity contribution in [3.05, 3.63) is 77.8 Å². The van der Waals surface area contributed by atoms with Crippen molar-refractivity contribution in [3.63, 3.8) is 0 Å². The summed E-state index contributed by atoms with van der Waals surface area (Å²) in [6.07, 6.45) is 0. The van der Waals surface area contributed by atoms with Crippen LogP contribution in [0.3, 0.4) is 0 Å². The highest BCUT2D eigenvalue weighted by Gasteiger charge is 2.18. The van der Waals surface area contributed by atoms with Crippen LogP contribution in [-0.4, -0.2) is 20.1 Å². The molecule has 0 bridgehead atoms. The molecule has 3 aromatic carbocycles. The van der Waals surface area contributed by atoms with Crippen molar-refractivity contribution in [2.75, 3.05) is 10.5 Å². The number of sulfonamides is 1. The summed E-state index contributed by atoms with van der Waals surface area (Å²) in [5.74, 6) is 0.474. The van der Waals surface area contributed by atoms with Crippen LogP contribution in [0.1, 0.15) is 0 Å². The molecular weight excluding hydrogens is 432 g/mol. The number of halogens is 1. The molecule has 1 amide bonds. The minimum atomic E-state index is -3.91. The van der Waals surface area contributed by atoms with Crippen LogP contribution in [0.4, 0.5) is 5.69 Å². The molecule has 9 heteroatoms. The molecule has 3 aromatic rings. The fourth-order valence-electron chi connectivity index (χ4n) is 2.38. The summed E-state index contributed by atoms with van der Waals surface area (Å²) in [7, 11) is -3.91. The van der Waals surface area contributed by atoms with E-state index >= 15 is 0 Å². The molecule has 0 heterocycles. The van der Waals surface area contributed by atoms with Crippen molar-refractivity contribution in [1.82, 2.24) is 0 Å². The number of hydrogen-bond acceptors (Lipinski definition) is 5. The normalized spacial score (nSPS) is 11.1. The van der Waals surface area contributed by atoms with Gasteiger partial charge in [0.15, 0.2) is 0 Å². The van der Waals surface area contributed by atoms with Gasteiger partial charge in [-0.15, -0.1) is 11.8 Å². The summed E-state index contributed by atoms with van der Waals surface area (Å²) in [6.45, 7) is 0. The third kappa shape index (κ3) is 5.66. The molecule has 3 N–H and O–H groups in total. The highest BCUT2D eigenvalue weighted by molar-refractivity contribution is 8.00. The number of nitrogens with one attached hydrogen (secondary N) is 1. The van der Waals surface area contributed by atoms with Gasteiger partial charge in [0, 0.05) is 4.90 Å². The van der Waals surface area contributed by atoms with E-state index in [1.807, 2.05) is 18.2 Å². The van der Waals surface area contributed by atoms with Gasteiger partial charge < -0.3 is 10.5 Å². The monoisotopic (exact) mass is 448 g/mol. The van der Waals surface area contributed by atoms with E-state index in [2.05, 4.69) is 4.72 Å². The molecular formula is C20H17ClN2O4S2. The fourth-order valence-corrected chi connectivity index (χ4v) is 4.58. The second kappa shape index (κ2) is 9.21. The number of rotatable bonds is 8. The van der Waals surface area contributed by atoms with Gasteiger partial charge in [0.2, 0.25) is 5.91 Å². The zero-order valence-electron chi connectivity index (χ0n) is 15.0. The lowest BCUT2D eigenvalue weighted by atomic mass is 10.3. The second-order valence-electron chi connectivity index (χ2n) is 5.86. The van der Waals surface area contributed by atoms with E-state index in [0.29, 0.717) is 22.1 Å². The quantitative estimate of drug-likeness (QED) is 0.494. The van der Waals surface area contributed by atoms with Crippen molar-refractivity contribution < 1.29 is 17.9 Å². The minimum absolute atomic E-state index is 0.0161. The molecule has 0 unspecified atom stereocenters. The summed E-state index contributed by atoms with van der Waals surface area (Å²) in [4.78, 5) is 11.6. The molecule has 0 aliphatic carbocycles. The molecule has 0 saturated heterocycles. The molecule has 0 radical (unpaired) electrons. The van der Waals surface area contributed by atoms with Gasteiger partial charge in [-0.2, -0.15) is 0 Å². The molecule has 0 atom stereocenters. The number of para-hydroxylation sites is 2. The Kier molecular flexibility index (Phi) is 6.68. The van der Waals surface area contributed by atoms with Crippen LogP contribution in [0.25, 0.3) is 0 Å². The van der Waals surface area contributed by atoms with E-state index in [-0.39, 0.29) is 15.7 Å². The zero-order valence-corrected chi connectivity index (χ0v) is 17.4. The maximum Gasteiger partial charge on any atom is 0.261 e. The highest BCUT2D eigenvalue weighted by atomic mass is 35.5. The van der Waals surface area contributed by atoms with Gasteiger partial charge in [0.1, 0.15) is 11.5 Å². The molecule has 0 saturated carbocycles. The van der Waals surface area contributed by atoms with Crippen LogP contribution in [0.2, 0.25) is 5.02 Å². The van der Waals surface area contributed by atoms with Gasteiger partial charge in [-0.3, -0.25) is 9.52 Å². The molecule has 0 aromatic heterocycles. The smallest absolute Gasteiger partial charge is 0.261 e. The minimum Gasteiger partial charge on any atom is -0.456 e. The molecule has 150 valence electrons. The largest absolute Gasteiger partial charge is 0.456 e. The molecule has 0 aliphatic rings. The number of primary amides is 1. The first-order valence-electron chi connectivity index (χ1n) is 8.40. The van der Waals surface area contributed by atoms with Gasteiger partial charge in [-0.1, -0.05) is 41.9 Å². The summed E-state index contributed by atoms with van der Waals surface area (Å²) in [5, 5.41) is 0.160. The second-order valence-corrected chi connectivity index (χ2v) is 8.97. The van der Waals surface area contributed by atoms with E-state index in [0.717, 1.165) is 11.8 Å². The standard InChI is InChI=1S/C20H17ClN2O4S2/c21-16-12-15(10-11-18(16)27-14-6-2-1-3-7-14)29(25,26)23-17-8-4-5-9-19(17)28-13-20(22)24/h1-12,23H,13H2,(H2,22,24). The average Bonchev–Trinajstić information content (AvgIpc) is 2.69. The van der Waals surface area contributed by atoms with E-state index < -0.39 is 15.9 Å². The van der Waals surface area contributed by atoms with Crippen molar-refractivity contribution in [2.24, 2.45) is 5.73 Å². The molecule has 29 heavy (non-hydrogen) atoms. The lowest BCUT2D eigenvalue weighted by molar-refractivity contribution is -0.115. The molecule has 3 rings (SSSR count). The number of ether oxygens (including phenoxy) is 1. The predicted octanol–water partition coefficient (Wildman–Crippen LogP) is 4.51. The summed E-state index contributed by atoms with van der Waals surface area (Å²) in [5.41, 5.74) is 5.52. The summed E-state index contributed by atoms with van der Waals surface area (Å²) >= 11 is 7.38. The average molecular weight is 449 g/mol. The number of amides is 1. The number of carbonyl (C=O) groups is 1. The number of thioether (sulfide) groups is 1. The van der Waals surface area contributed by atoms with E-state index in [4.69, 9.17) is 22.1 Å². The Morgan fingerprint density at radius 3 is 2.41 bits per heavy atom. The first kappa shape index (κ1) is 21.0. The lowest BCUT2D eigenvalue weighted by Gasteiger charge is -2.13. The SMILES string of the molecule is NC(=O)CSc1ccccc1NS(=O)(=O)c1ccc(Oc2ccccc2)c(Cl)c1. The van der Waals surface area contributed by atoms with Crippen LogP contribution < -0.4 is 15.2 Å². The zero-order chi connectivity index (χ0) is 20.9. The lowest BCUT2D eigenvalue weighted by Crippen LogP contribution is -2.15. The Morgan fingerprint density at radius 1 is 1.03 bits per heavy atom. The third-order valence-electron chi connectivity index (χ3n) is 3.69. The van der Waals surface area contributed by atoms with Crippen molar-refractivity contribution in [2.45, 2.75) is 9.79 Å².